The number of nitrogens with one attached hydrogen (secondary N) is 2. The van der Waals surface area contributed by atoms with Gasteiger partial charge in [-0.2, -0.15) is 0 Å². The molecule has 0 unspecified atom stereocenters. The smallest absolute Gasteiger partial charge is 0.421 e. The summed E-state index contributed by atoms with van der Waals surface area (Å²) in [7, 11) is 0. The Morgan fingerprint density at radius 2 is 2.17 bits per heavy atom. The highest BCUT2D eigenvalue weighted by atomic mass is 16.5. The fourth-order valence-electron chi connectivity index (χ4n) is 0.663. The van der Waals surface area contributed by atoms with Crippen LogP contribution in [0, 0.1) is 5.92 Å². The molecule has 0 saturated carbocycles. The van der Waals surface area contributed by atoms with Crippen LogP contribution in [-0.2, 0) is 4.74 Å². The van der Waals surface area contributed by atoms with Gasteiger partial charge in [0.05, 0.1) is 6.61 Å². The van der Waals surface area contributed by atoms with Crippen molar-refractivity contribution >= 4 is 6.09 Å². The highest BCUT2D eigenvalue weighted by Gasteiger charge is 1.97. The molecule has 0 bridgehead atoms. The van der Waals surface area contributed by atoms with Crippen LogP contribution >= 0.6 is 0 Å². The Hall–Kier alpha value is -0.770. The van der Waals surface area contributed by atoms with E-state index in [1.807, 2.05) is 0 Å². The van der Waals surface area contributed by atoms with E-state index < -0.39 is 6.09 Å². The van der Waals surface area contributed by atoms with Gasteiger partial charge in [0.25, 0.3) is 0 Å². The van der Waals surface area contributed by atoms with Gasteiger partial charge in [-0.15, -0.1) is 0 Å². The van der Waals surface area contributed by atoms with E-state index in [0.717, 1.165) is 13.0 Å². The molecule has 0 atom stereocenters. The summed E-state index contributed by atoms with van der Waals surface area (Å²) in [5.41, 5.74) is 5.20. The summed E-state index contributed by atoms with van der Waals surface area (Å²) < 4.78 is 4.64. The van der Waals surface area contributed by atoms with Crippen molar-refractivity contribution in [3.05, 3.63) is 0 Å². The van der Waals surface area contributed by atoms with Crippen LogP contribution in [0.25, 0.3) is 0 Å². The molecule has 0 heterocycles. The molecule has 0 aromatic carbocycles. The number of hydrazine groups is 1. The zero-order valence-corrected chi connectivity index (χ0v) is 8.02. The van der Waals surface area contributed by atoms with Gasteiger partial charge in [0.15, 0.2) is 0 Å². The van der Waals surface area contributed by atoms with Crippen molar-refractivity contribution in [1.29, 1.82) is 0 Å². The zero-order chi connectivity index (χ0) is 9.40. The van der Waals surface area contributed by atoms with Gasteiger partial charge in [0, 0.05) is 6.54 Å². The topological polar surface area (TPSA) is 50.4 Å². The maximum absolute atomic E-state index is 10.7. The Bertz CT molecular complexity index is 126. The number of hydrogen-bond donors (Lipinski definition) is 2. The predicted octanol–water partition coefficient (Wildman–Crippen LogP) is 1.28. The fourth-order valence-corrected chi connectivity index (χ4v) is 0.663. The minimum absolute atomic E-state index is 0.400. The quantitative estimate of drug-likeness (QED) is 0.487. The van der Waals surface area contributed by atoms with Crippen LogP contribution in [0.4, 0.5) is 4.79 Å². The van der Waals surface area contributed by atoms with Crippen LogP contribution in [0.15, 0.2) is 0 Å². The van der Waals surface area contributed by atoms with E-state index in [1.165, 1.54) is 0 Å². The molecule has 72 valence electrons. The van der Waals surface area contributed by atoms with E-state index in [2.05, 4.69) is 29.4 Å². The standard InChI is InChI=1S/C8H18N2O2/c1-4-12-8(11)10-9-6-5-7(2)3/h7,9H,4-6H2,1-3H3,(H,10,11). The Morgan fingerprint density at radius 1 is 1.50 bits per heavy atom. The van der Waals surface area contributed by atoms with E-state index in [-0.39, 0.29) is 0 Å². The second-order valence-corrected chi connectivity index (χ2v) is 2.95. The molecule has 0 spiro atoms. The molecule has 0 rings (SSSR count). The van der Waals surface area contributed by atoms with Crippen LogP contribution in [0.1, 0.15) is 27.2 Å². The minimum Gasteiger partial charge on any atom is -0.449 e. The van der Waals surface area contributed by atoms with Gasteiger partial charge in [-0.1, -0.05) is 13.8 Å². The summed E-state index contributed by atoms with van der Waals surface area (Å²) in [6.45, 7) is 7.21. The molecule has 4 nitrogen and oxygen atoms in total. The van der Waals surface area contributed by atoms with E-state index >= 15 is 0 Å². The summed E-state index contributed by atoms with van der Waals surface area (Å²) in [6.07, 6.45) is 0.619. The molecular weight excluding hydrogens is 156 g/mol. The maximum Gasteiger partial charge on any atom is 0.421 e. The summed E-state index contributed by atoms with van der Waals surface area (Å²) in [6, 6.07) is 0. The molecule has 0 aromatic heterocycles. The van der Waals surface area contributed by atoms with Crippen LogP contribution in [0.5, 0.6) is 0 Å². The van der Waals surface area contributed by atoms with Gasteiger partial charge in [-0.25, -0.2) is 10.2 Å². The maximum atomic E-state index is 10.7. The van der Waals surface area contributed by atoms with Crippen molar-refractivity contribution in [2.75, 3.05) is 13.2 Å². The zero-order valence-electron chi connectivity index (χ0n) is 8.02. The number of carbonyl (C=O) groups is 1. The normalized spacial score (nSPS) is 10.0. The average Bonchev–Trinajstić information content (AvgIpc) is 1.98. The number of hydrogen-bond acceptors (Lipinski definition) is 3. The van der Waals surface area contributed by atoms with Gasteiger partial charge in [-0.05, 0) is 19.3 Å². The van der Waals surface area contributed by atoms with Crippen LogP contribution in [0.2, 0.25) is 0 Å². The second kappa shape index (κ2) is 6.91. The molecular formula is C8H18N2O2. The van der Waals surface area contributed by atoms with Crippen molar-refractivity contribution in [1.82, 2.24) is 10.9 Å². The monoisotopic (exact) mass is 174 g/mol. The lowest BCUT2D eigenvalue weighted by Crippen LogP contribution is -2.38. The third kappa shape index (κ3) is 7.34. The molecule has 0 aliphatic heterocycles. The van der Waals surface area contributed by atoms with Gasteiger partial charge in [0.1, 0.15) is 0 Å². The van der Waals surface area contributed by atoms with Crippen LogP contribution in [-0.4, -0.2) is 19.2 Å². The lowest BCUT2D eigenvalue weighted by molar-refractivity contribution is 0.147. The molecule has 0 saturated heterocycles. The Labute approximate surface area is 73.6 Å². The molecule has 0 fully saturated rings. The first-order valence-corrected chi connectivity index (χ1v) is 4.32. The largest absolute Gasteiger partial charge is 0.449 e. The third-order valence-corrected chi connectivity index (χ3v) is 1.31. The molecule has 2 N–H and O–H groups in total. The summed E-state index contributed by atoms with van der Waals surface area (Å²) in [5.74, 6) is 0.640. The van der Waals surface area contributed by atoms with Gasteiger partial charge >= 0.3 is 6.09 Å². The van der Waals surface area contributed by atoms with Crippen LogP contribution < -0.4 is 10.9 Å². The molecule has 1 amide bonds. The first kappa shape index (κ1) is 11.2. The number of carbonyl (C=O) groups excluding carboxylic acids is 1. The highest BCUT2D eigenvalue weighted by Crippen LogP contribution is 1.95. The second-order valence-electron chi connectivity index (χ2n) is 2.95. The molecule has 0 radical (unpaired) electrons. The summed E-state index contributed by atoms with van der Waals surface area (Å²) in [4.78, 5) is 10.7. The van der Waals surface area contributed by atoms with Crippen LogP contribution in [0.3, 0.4) is 0 Å². The number of rotatable bonds is 5. The van der Waals surface area contributed by atoms with Crippen molar-refractivity contribution < 1.29 is 9.53 Å². The molecule has 12 heavy (non-hydrogen) atoms. The van der Waals surface area contributed by atoms with E-state index in [4.69, 9.17) is 0 Å². The van der Waals surface area contributed by atoms with Crippen molar-refractivity contribution in [2.24, 2.45) is 5.92 Å². The number of ether oxygens (including phenoxy) is 1. The predicted molar refractivity (Wildman–Crippen MR) is 47.6 cm³/mol. The fraction of sp³-hybridized carbons (Fsp3) is 0.875. The first-order chi connectivity index (χ1) is 5.66. The van der Waals surface area contributed by atoms with Gasteiger partial charge in [-0.3, -0.25) is 5.43 Å². The lowest BCUT2D eigenvalue weighted by Gasteiger charge is -2.07. The van der Waals surface area contributed by atoms with Crippen molar-refractivity contribution in [2.45, 2.75) is 27.2 Å². The van der Waals surface area contributed by atoms with Gasteiger partial charge < -0.3 is 4.74 Å². The summed E-state index contributed by atoms with van der Waals surface area (Å²) in [5, 5.41) is 0. The Kier molecular flexibility index (Phi) is 6.47. The molecule has 0 aliphatic rings. The first-order valence-electron chi connectivity index (χ1n) is 4.32. The van der Waals surface area contributed by atoms with Crippen molar-refractivity contribution in [3.63, 3.8) is 0 Å². The molecule has 4 heteroatoms. The molecule has 0 aromatic rings. The van der Waals surface area contributed by atoms with Gasteiger partial charge in [0.2, 0.25) is 0 Å². The number of amides is 1. The highest BCUT2D eigenvalue weighted by molar-refractivity contribution is 5.66. The molecule has 0 aliphatic carbocycles. The third-order valence-electron chi connectivity index (χ3n) is 1.31. The van der Waals surface area contributed by atoms with E-state index in [0.29, 0.717) is 12.5 Å². The van der Waals surface area contributed by atoms with Crippen molar-refractivity contribution in [3.8, 4) is 0 Å². The summed E-state index contributed by atoms with van der Waals surface area (Å²) >= 11 is 0. The Morgan fingerprint density at radius 3 is 2.67 bits per heavy atom. The van der Waals surface area contributed by atoms with E-state index in [1.54, 1.807) is 6.92 Å². The SMILES string of the molecule is CCOC(=O)NNCCC(C)C. The average molecular weight is 174 g/mol. The van der Waals surface area contributed by atoms with E-state index in [9.17, 15) is 4.79 Å². The lowest BCUT2D eigenvalue weighted by atomic mass is 10.1. The minimum atomic E-state index is -0.416. The Balaban J connectivity index is 3.14.